The first-order valence-electron chi connectivity index (χ1n) is 7.53. The predicted octanol–water partition coefficient (Wildman–Crippen LogP) is 2.97. The molecule has 0 fully saturated rings. The van der Waals surface area contributed by atoms with Crippen molar-refractivity contribution in [3.05, 3.63) is 59.7 Å². The molecule has 0 saturated heterocycles. The van der Waals surface area contributed by atoms with E-state index in [1.165, 1.54) is 19.5 Å². The molecule has 0 unspecified atom stereocenters. The van der Waals surface area contributed by atoms with Gasteiger partial charge < -0.3 is 14.5 Å². The number of hydrogen-bond acceptors (Lipinski definition) is 7. The van der Waals surface area contributed by atoms with Crippen molar-refractivity contribution in [2.45, 2.75) is 13.0 Å². The molecule has 3 aromatic rings. The van der Waals surface area contributed by atoms with E-state index in [9.17, 15) is 9.59 Å². The van der Waals surface area contributed by atoms with Crippen molar-refractivity contribution in [3.8, 4) is 11.5 Å². The number of esters is 1. The van der Waals surface area contributed by atoms with Gasteiger partial charge in [-0.25, -0.2) is 9.78 Å². The summed E-state index contributed by atoms with van der Waals surface area (Å²) in [6.07, 6.45) is 1.69. The maximum absolute atomic E-state index is 12.2. The zero-order valence-electron chi connectivity index (χ0n) is 13.5. The monoisotopic (exact) mass is 372 g/mol. The van der Waals surface area contributed by atoms with E-state index in [0.717, 1.165) is 0 Å². The molecule has 2 heterocycles. The van der Waals surface area contributed by atoms with Gasteiger partial charge in [0.05, 0.1) is 11.3 Å². The van der Waals surface area contributed by atoms with Crippen LogP contribution in [0.1, 0.15) is 17.3 Å². The standard InChI is InChI=1S/C17H13ClN4O4/c1-10(15(23)21-13-3-2-8-19-14(13)18)26-17(24)12-6-4-11(5-7-12)16-22-20-9-25-16/h2-10H,1H3,(H,21,23)/t10-/m1/s1. The maximum atomic E-state index is 12.2. The number of aromatic nitrogens is 3. The van der Waals surface area contributed by atoms with Crippen molar-refractivity contribution in [2.24, 2.45) is 0 Å². The molecule has 0 spiro atoms. The number of carbonyl (C=O) groups excluding carboxylic acids is 2. The molecule has 0 saturated carbocycles. The van der Waals surface area contributed by atoms with Gasteiger partial charge in [-0.3, -0.25) is 4.79 Å². The van der Waals surface area contributed by atoms with E-state index in [0.29, 0.717) is 17.1 Å². The highest BCUT2D eigenvalue weighted by Gasteiger charge is 2.20. The number of anilines is 1. The molecule has 1 amide bonds. The van der Waals surface area contributed by atoms with Gasteiger partial charge in [-0.1, -0.05) is 11.6 Å². The van der Waals surface area contributed by atoms with Crippen molar-refractivity contribution >= 4 is 29.2 Å². The second-order valence-corrected chi connectivity index (χ2v) is 5.56. The van der Waals surface area contributed by atoms with Crippen LogP contribution in [0.25, 0.3) is 11.5 Å². The number of benzene rings is 1. The van der Waals surface area contributed by atoms with Crippen LogP contribution in [-0.2, 0) is 9.53 Å². The molecule has 26 heavy (non-hydrogen) atoms. The summed E-state index contributed by atoms with van der Waals surface area (Å²) in [5.74, 6) is -0.816. The van der Waals surface area contributed by atoms with Gasteiger partial charge in [0.15, 0.2) is 11.3 Å². The zero-order valence-corrected chi connectivity index (χ0v) is 14.3. The molecule has 0 bridgehead atoms. The smallest absolute Gasteiger partial charge is 0.338 e. The Morgan fingerprint density at radius 1 is 1.23 bits per heavy atom. The number of pyridine rings is 1. The molecule has 0 aliphatic carbocycles. The molecule has 132 valence electrons. The minimum absolute atomic E-state index is 0.149. The summed E-state index contributed by atoms with van der Waals surface area (Å²) in [6, 6.07) is 9.60. The van der Waals surface area contributed by atoms with Crippen LogP contribution in [0.2, 0.25) is 5.15 Å². The van der Waals surface area contributed by atoms with Crippen molar-refractivity contribution in [2.75, 3.05) is 5.32 Å². The summed E-state index contributed by atoms with van der Waals surface area (Å²) in [6.45, 7) is 1.46. The number of nitrogens with zero attached hydrogens (tertiary/aromatic N) is 3. The number of ether oxygens (including phenoxy) is 1. The maximum Gasteiger partial charge on any atom is 0.338 e. The Kier molecular flexibility index (Phi) is 5.23. The topological polar surface area (TPSA) is 107 Å². The zero-order chi connectivity index (χ0) is 18.5. The summed E-state index contributed by atoms with van der Waals surface area (Å²) in [5, 5.41) is 10.1. The fourth-order valence-corrected chi connectivity index (χ4v) is 2.21. The highest BCUT2D eigenvalue weighted by molar-refractivity contribution is 6.32. The first-order chi connectivity index (χ1) is 12.5. The third-order valence-corrected chi connectivity index (χ3v) is 3.70. The fourth-order valence-electron chi connectivity index (χ4n) is 2.04. The molecule has 9 heteroatoms. The van der Waals surface area contributed by atoms with Crippen LogP contribution in [0, 0.1) is 0 Å². The molecule has 1 aromatic carbocycles. The summed E-state index contributed by atoms with van der Waals surface area (Å²) in [4.78, 5) is 28.2. The van der Waals surface area contributed by atoms with Crippen LogP contribution in [0.5, 0.6) is 0 Å². The van der Waals surface area contributed by atoms with Gasteiger partial charge in [0.2, 0.25) is 12.3 Å². The first-order valence-corrected chi connectivity index (χ1v) is 7.91. The number of rotatable bonds is 5. The van der Waals surface area contributed by atoms with E-state index < -0.39 is 18.0 Å². The average Bonchev–Trinajstić information content (AvgIpc) is 3.18. The van der Waals surface area contributed by atoms with E-state index in [2.05, 4.69) is 20.5 Å². The predicted molar refractivity (Wildman–Crippen MR) is 92.5 cm³/mol. The Morgan fingerprint density at radius 3 is 2.65 bits per heavy atom. The number of halogens is 1. The number of hydrogen-bond donors (Lipinski definition) is 1. The number of nitrogens with one attached hydrogen (secondary N) is 1. The molecular weight excluding hydrogens is 360 g/mol. The minimum atomic E-state index is -1.02. The van der Waals surface area contributed by atoms with Crippen LogP contribution >= 0.6 is 11.6 Å². The van der Waals surface area contributed by atoms with E-state index in [4.69, 9.17) is 20.8 Å². The molecule has 1 atom stereocenters. The summed E-state index contributed by atoms with van der Waals surface area (Å²) < 4.78 is 10.2. The Bertz CT molecular complexity index is 913. The molecule has 3 rings (SSSR count). The van der Waals surface area contributed by atoms with Crippen LogP contribution in [0.4, 0.5) is 5.69 Å². The van der Waals surface area contributed by atoms with Crippen molar-refractivity contribution in [1.29, 1.82) is 0 Å². The number of carbonyl (C=O) groups is 2. The lowest BCUT2D eigenvalue weighted by atomic mass is 10.1. The van der Waals surface area contributed by atoms with Crippen molar-refractivity contribution in [1.82, 2.24) is 15.2 Å². The molecular formula is C17H13ClN4O4. The van der Waals surface area contributed by atoms with Gasteiger partial charge in [0, 0.05) is 11.8 Å². The third-order valence-electron chi connectivity index (χ3n) is 3.40. The van der Waals surface area contributed by atoms with E-state index in [1.807, 2.05) is 0 Å². The van der Waals surface area contributed by atoms with Gasteiger partial charge in [-0.05, 0) is 43.3 Å². The van der Waals surface area contributed by atoms with E-state index in [-0.39, 0.29) is 10.7 Å². The number of amides is 1. The van der Waals surface area contributed by atoms with Gasteiger partial charge in [0.25, 0.3) is 5.91 Å². The van der Waals surface area contributed by atoms with Crippen LogP contribution in [0.3, 0.4) is 0 Å². The summed E-state index contributed by atoms with van der Waals surface area (Å²) in [7, 11) is 0. The van der Waals surface area contributed by atoms with Gasteiger partial charge in [0.1, 0.15) is 0 Å². The molecule has 2 aromatic heterocycles. The van der Waals surface area contributed by atoms with Crippen molar-refractivity contribution in [3.63, 3.8) is 0 Å². The molecule has 0 aliphatic heterocycles. The highest BCUT2D eigenvalue weighted by atomic mass is 35.5. The SMILES string of the molecule is C[C@@H](OC(=O)c1ccc(-c2nnco2)cc1)C(=O)Nc1cccnc1Cl. The quantitative estimate of drug-likeness (QED) is 0.541. The second-order valence-electron chi connectivity index (χ2n) is 5.20. The largest absolute Gasteiger partial charge is 0.449 e. The molecule has 0 radical (unpaired) electrons. The molecule has 0 aliphatic rings. The fraction of sp³-hybridized carbons (Fsp3) is 0.118. The lowest BCUT2D eigenvalue weighted by Gasteiger charge is -2.14. The molecule has 1 N–H and O–H groups in total. The lowest BCUT2D eigenvalue weighted by molar-refractivity contribution is -0.123. The van der Waals surface area contributed by atoms with Crippen molar-refractivity contribution < 1.29 is 18.7 Å². The third kappa shape index (κ3) is 4.04. The van der Waals surface area contributed by atoms with Crippen LogP contribution in [0.15, 0.2) is 53.4 Å². The molecule has 8 nitrogen and oxygen atoms in total. The van der Waals surface area contributed by atoms with Gasteiger partial charge in [-0.2, -0.15) is 0 Å². The summed E-state index contributed by atoms with van der Waals surface area (Å²) >= 11 is 5.88. The van der Waals surface area contributed by atoms with E-state index in [1.54, 1.807) is 36.4 Å². The summed E-state index contributed by atoms with van der Waals surface area (Å²) in [5.41, 5.74) is 1.29. The van der Waals surface area contributed by atoms with E-state index >= 15 is 0 Å². The van der Waals surface area contributed by atoms with Crippen LogP contribution < -0.4 is 5.32 Å². The Labute approximate surface area is 153 Å². The highest BCUT2D eigenvalue weighted by Crippen LogP contribution is 2.19. The van der Waals surface area contributed by atoms with Crippen LogP contribution in [-0.4, -0.2) is 33.2 Å². The Hall–Kier alpha value is -3.26. The minimum Gasteiger partial charge on any atom is -0.449 e. The Morgan fingerprint density at radius 2 is 2.00 bits per heavy atom. The normalized spacial score (nSPS) is 11.6. The van der Waals surface area contributed by atoms with Gasteiger partial charge in [-0.15, -0.1) is 10.2 Å². The first kappa shape index (κ1) is 17.6. The average molecular weight is 373 g/mol. The second kappa shape index (κ2) is 7.75. The Balaban J connectivity index is 1.61. The lowest BCUT2D eigenvalue weighted by Crippen LogP contribution is -2.30. The van der Waals surface area contributed by atoms with Gasteiger partial charge >= 0.3 is 5.97 Å².